The highest BCUT2D eigenvalue weighted by Gasteiger charge is 2.07. The third kappa shape index (κ3) is 4.39. The molecule has 1 unspecified atom stereocenters. The average molecular weight is 214 g/mol. The summed E-state index contributed by atoms with van der Waals surface area (Å²) in [5.74, 6) is -0.811. The number of ether oxygens (including phenoxy) is 1. The van der Waals surface area contributed by atoms with E-state index >= 15 is 0 Å². The molecule has 0 aliphatic rings. The Kier molecular flexibility index (Phi) is 4.62. The van der Waals surface area contributed by atoms with Gasteiger partial charge < -0.3 is 9.84 Å². The van der Waals surface area contributed by atoms with Gasteiger partial charge in [0.1, 0.15) is 0 Å². The summed E-state index contributed by atoms with van der Waals surface area (Å²) in [6.07, 6.45) is 0.735. The molecule has 1 heterocycles. The third-order valence-electron chi connectivity index (χ3n) is 1.79. The summed E-state index contributed by atoms with van der Waals surface area (Å²) >= 11 is 1.69. The third-order valence-corrected chi connectivity index (χ3v) is 2.73. The lowest BCUT2D eigenvalue weighted by molar-refractivity contribution is -0.139. The second kappa shape index (κ2) is 5.78. The van der Waals surface area contributed by atoms with Crippen LogP contribution in [0.1, 0.15) is 18.2 Å². The van der Waals surface area contributed by atoms with Gasteiger partial charge in [-0.15, -0.1) is 11.3 Å². The van der Waals surface area contributed by atoms with Crippen molar-refractivity contribution in [3.8, 4) is 0 Å². The Morgan fingerprint density at radius 1 is 1.71 bits per heavy atom. The van der Waals surface area contributed by atoms with Crippen LogP contribution in [0.25, 0.3) is 0 Å². The fraction of sp³-hybridized carbons (Fsp3) is 0.500. The summed E-state index contributed by atoms with van der Waals surface area (Å²) in [4.78, 5) is 11.6. The molecule has 1 aromatic heterocycles. The lowest BCUT2D eigenvalue weighted by Gasteiger charge is -2.09. The van der Waals surface area contributed by atoms with E-state index in [0.29, 0.717) is 6.61 Å². The molecule has 0 saturated carbocycles. The maximum Gasteiger partial charge on any atom is 0.305 e. The van der Waals surface area contributed by atoms with E-state index in [0.717, 1.165) is 6.42 Å². The van der Waals surface area contributed by atoms with Crippen LogP contribution in [0.2, 0.25) is 0 Å². The first kappa shape index (κ1) is 11.2. The van der Waals surface area contributed by atoms with Gasteiger partial charge in [-0.2, -0.15) is 0 Å². The van der Waals surface area contributed by atoms with Crippen LogP contribution in [0.3, 0.4) is 0 Å². The lowest BCUT2D eigenvalue weighted by atomic mass is 10.3. The molecule has 0 bridgehead atoms. The molecule has 0 aromatic carbocycles. The second-order valence-corrected chi connectivity index (χ2v) is 4.14. The van der Waals surface area contributed by atoms with Crippen LogP contribution in [0, 0.1) is 0 Å². The lowest BCUT2D eigenvalue weighted by Crippen LogP contribution is -2.15. The predicted molar refractivity (Wildman–Crippen MR) is 55.7 cm³/mol. The Morgan fingerprint density at radius 2 is 2.50 bits per heavy atom. The highest BCUT2D eigenvalue weighted by molar-refractivity contribution is 7.09. The van der Waals surface area contributed by atoms with E-state index in [2.05, 4.69) is 6.07 Å². The molecule has 4 heteroatoms. The maximum atomic E-state index is 10.3. The van der Waals surface area contributed by atoms with Gasteiger partial charge in [-0.1, -0.05) is 6.07 Å². The number of carboxylic acids is 1. The van der Waals surface area contributed by atoms with Crippen LogP contribution in [-0.4, -0.2) is 23.8 Å². The number of aliphatic carboxylic acids is 1. The summed E-state index contributed by atoms with van der Waals surface area (Å²) in [5.41, 5.74) is 0. The van der Waals surface area contributed by atoms with Crippen molar-refractivity contribution in [2.45, 2.75) is 25.9 Å². The van der Waals surface area contributed by atoms with E-state index in [1.807, 2.05) is 11.4 Å². The number of carboxylic acid groups (broad SMARTS) is 1. The van der Waals surface area contributed by atoms with E-state index in [1.54, 1.807) is 18.3 Å². The molecule has 14 heavy (non-hydrogen) atoms. The molecular weight excluding hydrogens is 200 g/mol. The summed E-state index contributed by atoms with van der Waals surface area (Å²) in [6.45, 7) is 2.37. The van der Waals surface area contributed by atoms with Crippen molar-refractivity contribution in [1.29, 1.82) is 0 Å². The van der Waals surface area contributed by atoms with Gasteiger partial charge in [0, 0.05) is 11.3 Å². The van der Waals surface area contributed by atoms with Crippen molar-refractivity contribution in [2.24, 2.45) is 0 Å². The first-order chi connectivity index (χ1) is 6.68. The van der Waals surface area contributed by atoms with Crippen molar-refractivity contribution in [3.05, 3.63) is 22.4 Å². The molecule has 1 N–H and O–H groups in total. The number of hydrogen-bond donors (Lipinski definition) is 1. The molecule has 1 aromatic rings. The van der Waals surface area contributed by atoms with E-state index in [-0.39, 0.29) is 12.5 Å². The van der Waals surface area contributed by atoms with Crippen molar-refractivity contribution < 1.29 is 14.6 Å². The molecule has 1 atom stereocenters. The fourth-order valence-electron chi connectivity index (χ4n) is 1.12. The van der Waals surface area contributed by atoms with Gasteiger partial charge in [0.05, 0.1) is 19.1 Å². The standard InChI is InChI=1S/C10H14O3S/c1-8(7-10(11)12)13-5-4-9-3-2-6-14-9/h2-3,6,8H,4-5,7H2,1H3,(H,11,12). The maximum absolute atomic E-state index is 10.3. The summed E-state index contributed by atoms with van der Waals surface area (Å²) < 4.78 is 5.35. The zero-order valence-electron chi connectivity index (χ0n) is 8.10. The van der Waals surface area contributed by atoms with Crippen LogP contribution < -0.4 is 0 Å². The predicted octanol–water partition coefficient (Wildman–Crippen LogP) is 2.17. The monoisotopic (exact) mass is 214 g/mol. The first-order valence-corrected chi connectivity index (χ1v) is 5.42. The first-order valence-electron chi connectivity index (χ1n) is 4.54. The zero-order chi connectivity index (χ0) is 10.4. The Balaban J connectivity index is 2.12. The molecule has 0 saturated heterocycles. The summed E-state index contributed by atoms with van der Waals surface area (Å²) in [5, 5.41) is 10.5. The van der Waals surface area contributed by atoms with Gasteiger partial charge in [0.2, 0.25) is 0 Å². The minimum Gasteiger partial charge on any atom is -0.481 e. The average Bonchev–Trinajstić information content (AvgIpc) is 2.55. The minimum absolute atomic E-state index is 0.0738. The van der Waals surface area contributed by atoms with Crippen LogP contribution in [0.4, 0.5) is 0 Å². The summed E-state index contributed by atoms with van der Waals surface area (Å²) in [7, 11) is 0. The normalized spacial score (nSPS) is 12.6. The van der Waals surface area contributed by atoms with E-state index in [4.69, 9.17) is 9.84 Å². The number of thiophene rings is 1. The Morgan fingerprint density at radius 3 is 3.07 bits per heavy atom. The number of carbonyl (C=O) groups is 1. The molecule has 0 amide bonds. The van der Waals surface area contributed by atoms with Crippen LogP contribution in [0.15, 0.2) is 17.5 Å². The van der Waals surface area contributed by atoms with Gasteiger partial charge in [-0.25, -0.2) is 0 Å². The minimum atomic E-state index is -0.811. The molecule has 0 aliphatic carbocycles. The molecule has 0 radical (unpaired) electrons. The largest absolute Gasteiger partial charge is 0.481 e. The van der Waals surface area contributed by atoms with Crippen molar-refractivity contribution in [2.75, 3.05) is 6.61 Å². The fourth-order valence-corrected chi connectivity index (χ4v) is 1.81. The SMILES string of the molecule is CC(CC(=O)O)OCCc1cccs1. The van der Waals surface area contributed by atoms with Gasteiger partial charge in [-0.05, 0) is 18.4 Å². The quantitative estimate of drug-likeness (QED) is 0.789. The molecule has 1 rings (SSSR count). The van der Waals surface area contributed by atoms with Gasteiger partial charge in [-0.3, -0.25) is 4.79 Å². The second-order valence-electron chi connectivity index (χ2n) is 3.11. The van der Waals surface area contributed by atoms with E-state index in [1.165, 1.54) is 4.88 Å². The van der Waals surface area contributed by atoms with Crippen molar-refractivity contribution in [1.82, 2.24) is 0 Å². The Hall–Kier alpha value is -0.870. The number of rotatable bonds is 6. The summed E-state index contributed by atoms with van der Waals surface area (Å²) in [6, 6.07) is 4.05. The smallest absolute Gasteiger partial charge is 0.305 e. The molecule has 0 aliphatic heterocycles. The van der Waals surface area contributed by atoms with Crippen molar-refractivity contribution in [3.63, 3.8) is 0 Å². The molecule has 0 spiro atoms. The van der Waals surface area contributed by atoms with Gasteiger partial charge >= 0.3 is 5.97 Å². The van der Waals surface area contributed by atoms with Crippen LogP contribution in [0.5, 0.6) is 0 Å². The zero-order valence-corrected chi connectivity index (χ0v) is 8.92. The topological polar surface area (TPSA) is 46.5 Å². The molecular formula is C10H14O3S. The highest BCUT2D eigenvalue weighted by Crippen LogP contribution is 2.09. The number of hydrogen-bond acceptors (Lipinski definition) is 3. The van der Waals surface area contributed by atoms with Crippen LogP contribution >= 0.6 is 11.3 Å². The van der Waals surface area contributed by atoms with Crippen LogP contribution in [-0.2, 0) is 16.0 Å². The Labute approximate surface area is 87.3 Å². The van der Waals surface area contributed by atoms with Crippen molar-refractivity contribution >= 4 is 17.3 Å². The van der Waals surface area contributed by atoms with E-state index < -0.39 is 5.97 Å². The molecule has 78 valence electrons. The molecule has 0 fully saturated rings. The van der Waals surface area contributed by atoms with Gasteiger partial charge in [0.25, 0.3) is 0 Å². The van der Waals surface area contributed by atoms with Gasteiger partial charge in [0.15, 0.2) is 0 Å². The highest BCUT2D eigenvalue weighted by atomic mass is 32.1. The Bertz CT molecular complexity index is 269. The molecule has 3 nitrogen and oxygen atoms in total. The van der Waals surface area contributed by atoms with E-state index in [9.17, 15) is 4.79 Å².